The summed E-state index contributed by atoms with van der Waals surface area (Å²) < 4.78 is 32.7. The number of carbonyl (C=O) groups is 1. The van der Waals surface area contributed by atoms with Gasteiger partial charge >= 0.3 is 40.0 Å². The number of benzene rings is 1. The largest absolute Gasteiger partial charge is 1.00 e. The van der Waals surface area contributed by atoms with Crippen molar-refractivity contribution in [3.8, 4) is 11.5 Å². The molecule has 0 radical (unpaired) electrons. The van der Waals surface area contributed by atoms with Crippen molar-refractivity contribution in [1.82, 2.24) is 0 Å². The van der Waals surface area contributed by atoms with Crippen LogP contribution in [0.1, 0.15) is 10.4 Å². The number of para-hydroxylation sites is 1. The number of aldehydes is 1. The van der Waals surface area contributed by atoms with Crippen LogP contribution in [0.2, 0.25) is 0 Å². The van der Waals surface area contributed by atoms with Crippen molar-refractivity contribution in [3.63, 3.8) is 0 Å². The summed E-state index contributed by atoms with van der Waals surface area (Å²) in [6, 6.07) is 3.49. The average molecular weight is 240 g/mol. The number of carbonyl (C=O) groups excluding carboxylic acids is 1. The SMILES string of the molecule is O=Cc1cccc(OS(=O)(=O)O)c1[O-].[Na+]. The summed E-state index contributed by atoms with van der Waals surface area (Å²) in [6.07, 6.45) is 0.263. The molecule has 0 unspecified atom stereocenters. The van der Waals surface area contributed by atoms with E-state index in [4.69, 9.17) is 4.55 Å². The second kappa shape index (κ2) is 5.47. The van der Waals surface area contributed by atoms with Crippen LogP contribution in [-0.2, 0) is 10.4 Å². The molecule has 0 amide bonds. The van der Waals surface area contributed by atoms with Crippen molar-refractivity contribution in [3.05, 3.63) is 23.8 Å². The van der Waals surface area contributed by atoms with E-state index in [-0.39, 0.29) is 41.4 Å². The molecule has 0 aliphatic carbocycles. The third-order valence-electron chi connectivity index (χ3n) is 1.33. The van der Waals surface area contributed by atoms with E-state index in [1.807, 2.05) is 0 Å². The standard InChI is InChI=1S/C7H6O6S.Na/c8-4-5-2-1-3-6(7(5)9)13-14(10,11)12;/h1-4,9H,(H,10,11,12);/q;+1/p-1. The van der Waals surface area contributed by atoms with Gasteiger partial charge in [0, 0.05) is 5.56 Å². The minimum absolute atomic E-state index is 0. The molecule has 15 heavy (non-hydrogen) atoms. The van der Waals surface area contributed by atoms with Crippen molar-refractivity contribution >= 4 is 16.7 Å². The Morgan fingerprint density at radius 2 is 2.00 bits per heavy atom. The Balaban J connectivity index is 0.00000196. The summed E-state index contributed by atoms with van der Waals surface area (Å²) in [7, 11) is -4.74. The minimum Gasteiger partial charge on any atom is -0.869 e. The summed E-state index contributed by atoms with van der Waals surface area (Å²) >= 11 is 0. The van der Waals surface area contributed by atoms with Gasteiger partial charge < -0.3 is 9.29 Å². The first-order chi connectivity index (χ1) is 6.44. The summed E-state index contributed by atoms with van der Waals surface area (Å²) in [6.45, 7) is 0. The van der Waals surface area contributed by atoms with Gasteiger partial charge in [0.05, 0.1) is 0 Å². The van der Waals surface area contributed by atoms with Gasteiger partial charge in [-0.3, -0.25) is 9.35 Å². The van der Waals surface area contributed by atoms with Crippen molar-refractivity contribution in [2.45, 2.75) is 0 Å². The van der Waals surface area contributed by atoms with Crippen LogP contribution in [0.15, 0.2) is 18.2 Å². The number of rotatable bonds is 3. The molecule has 1 N–H and O–H groups in total. The summed E-state index contributed by atoms with van der Waals surface area (Å²) in [5.41, 5.74) is -0.244. The maximum atomic E-state index is 11.1. The van der Waals surface area contributed by atoms with Crippen LogP contribution in [0, 0.1) is 0 Å². The Morgan fingerprint density at radius 1 is 1.40 bits per heavy atom. The molecular weight excluding hydrogens is 235 g/mol. The fraction of sp³-hybridized carbons (Fsp3) is 0. The molecule has 76 valence electrons. The molecule has 1 rings (SSSR count). The third-order valence-corrected chi connectivity index (χ3v) is 1.72. The zero-order chi connectivity index (χ0) is 10.8. The monoisotopic (exact) mass is 240 g/mol. The van der Waals surface area contributed by atoms with Crippen LogP contribution in [0.5, 0.6) is 11.5 Å². The van der Waals surface area contributed by atoms with E-state index in [1.165, 1.54) is 12.1 Å². The fourth-order valence-electron chi connectivity index (χ4n) is 0.805. The maximum Gasteiger partial charge on any atom is 1.00 e. The molecule has 8 heteroatoms. The van der Waals surface area contributed by atoms with Crippen molar-refractivity contribution in [2.75, 3.05) is 0 Å². The van der Waals surface area contributed by atoms with E-state index in [0.29, 0.717) is 0 Å². The van der Waals surface area contributed by atoms with Gasteiger partial charge in [0.2, 0.25) is 0 Å². The first-order valence-electron chi connectivity index (χ1n) is 3.36. The Kier molecular flexibility index (Phi) is 5.26. The molecular formula is C7H5NaO6S. The summed E-state index contributed by atoms with van der Waals surface area (Å²) in [4.78, 5) is 10.3. The Morgan fingerprint density at radius 3 is 2.47 bits per heavy atom. The second-order valence-corrected chi connectivity index (χ2v) is 3.33. The predicted octanol–water partition coefficient (Wildman–Crippen LogP) is -3.24. The van der Waals surface area contributed by atoms with Gasteiger partial charge in [-0.25, -0.2) is 0 Å². The van der Waals surface area contributed by atoms with E-state index >= 15 is 0 Å². The number of hydrogen-bond acceptors (Lipinski definition) is 5. The van der Waals surface area contributed by atoms with Crippen LogP contribution >= 0.6 is 0 Å². The molecule has 0 atom stereocenters. The minimum atomic E-state index is -4.74. The molecule has 0 saturated carbocycles. The molecule has 1 aromatic carbocycles. The van der Waals surface area contributed by atoms with Crippen LogP contribution in [-0.4, -0.2) is 19.3 Å². The fourth-order valence-corrected chi connectivity index (χ4v) is 1.16. The second-order valence-electron chi connectivity index (χ2n) is 2.30. The first-order valence-corrected chi connectivity index (χ1v) is 4.72. The zero-order valence-electron chi connectivity index (χ0n) is 7.71. The molecule has 0 saturated heterocycles. The van der Waals surface area contributed by atoms with E-state index in [2.05, 4.69) is 4.18 Å². The Labute approximate surface area is 108 Å². The number of hydrogen-bond donors (Lipinski definition) is 1. The van der Waals surface area contributed by atoms with E-state index in [1.54, 1.807) is 0 Å². The van der Waals surface area contributed by atoms with Gasteiger partial charge in [-0.15, -0.1) is 0 Å². The van der Waals surface area contributed by atoms with Gasteiger partial charge in [-0.1, -0.05) is 17.9 Å². The molecule has 1 aromatic rings. The average Bonchev–Trinajstić information content (AvgIpc) is 2.06. The van der Waals surface area contributed by atoms with E-state index in [0.717, 1.165) is 6.07 Å². The van der Waals surface area contributed by atoms with Gasteiger partial charge in [-0.2, -0.15) is 8.42 Å². The summed E-state index contributed by atoms with van der Waals surface area (Å²) in [5, 5.41) is 11.1. The molecule has 0 bridgehead atoms. The first kappa shape index (κ1) is 14.4. The topological polar surface area (TPSA) is 104 Å². The van der Waals surface area contributed by atoms with Crippen LogP contribution in [0.3, 0.4) is 0 Å². The van der Waals surface area contributed by atoms with Crippen molar-refractivity contribution < 1.29 is 56.6 Å². The van der Waals surface area contributed by atoms with Crippen molar-refractivity contribution in [2.24, 2.45) is 0 Å². The molecule has 0 aliphatic heterocycles. The Hall–Kier alpha value is -0.600. The van der Waals surface area contributed by atoms with Gasteiger partial charge in [0.25, 0.3) is 0 Å². The van der Waals surface area contributed by atoms with Crippen LogP contribution in [0.25, 0.3) is 0 Å². The summed E-state index contributed by atoms with van der Waals surface area (Å²) in [5.74, 6) is -1.50. The van der Waals surface area contributed by atoms with Crippen LogP contribution < -0.4 is 38.8 Å². The maximum absolute atomic E-state index is 11.1. The smallest absolute Gasteiger partial charge is 0.869 e. The molecule has 0 aliphatic rings. The molecule has 0 aromatic heterocycles. The normalized spacial score (nSPS) is 10.2. The molecule has 0 fully saturated rings. The van der Waals surface area contributed by atoms with Gasteiger partial charge in [0.1, 0.15) is 12.0 Å². The van der Waals surface area contributed by atoms with E-state index in [9.17, 15) is 18.3 Å². The predicted molar refractivity (Wildman–Crippen MR) is 43.5 cm³/mol. The van der Waals surface area contributed by atoms with Gasteiger partial charge in [-0.05, 0) is 6.07 Å². The quantitative estimate of drug-likeness (QED) is 0.338. The van der Waals surface area contributed by atoms with Gasteiger partial charge in [0.15, 0.2) is 0 Å². The zero-order valence-corrected chi connectivity index (χ0v) is 10.5. The van der Waals surface area contributed by atoms with Crippen molar-refractivity contribution in [1.29, 1.82) is 0 Å². The van der Waals surface area contributed by atoms with E-state index < -0.39 is 21.9 Å². The Bertz CT molecular complexity index is 455. The molecule has 0 heterocycles. The van der Waals surface area contributed by atoms with Crippen LogP contribution in [0.4, 0.5) is 0 Å². The third kappa shape index (κ3) is 4.18. The molecule has 0 spiro atoms. The molecule has 6 nitrogen and oxygen atoms in total.